The molecule has 0 bridgehead atoms. The van der Waals surface area contributed by atoms with Crippen molar-refractivity contribution in [1.82, 2.24) is 15.2 Å². The Morgan fingerprint density at radius 3 is 2.39 bits per heavy atom. The van der Waals surface area contributed by atoms with Crippen LogP contribution in [0.1, 0.15) is 30.6 Å². The van der Waals surface area contributed by atoms with Gasteiger partial charge in [-0.05, 0) is 57.5 Å². The first-order chi connectivity index (χ1) is 13.2. The summed E-state index contributed by atoms with van der Waals surface area (Å²) in [5, 5.41) is 14.2. The fourth-order valence-electron chi connectivity index (χ4n) is 3.44. The molecule has 3 rings (SSSR count). The number of aromatic nitrogens is 1. The Kier molecular flexibility index (Phi) is 8.05. The first-order valence-corrected chi connectivity index (χ1v) is 9.97. The normalized spacial score (nSPS) is 20.9. The Hall–Kier alpha value is -1.88. The van der Waals surface area contributed by atoms with Crippen molar-refractivity contribution >= 4 is 28.5 Å². The second kappa shape index (κ2) is 10.1. The molecular weight excluding hydrogens is 397 g/mol. The third kappa shape index (κ3) is 6.93. The summed E-state index contributed by atoms with van der Waals surface area (Å²) >= 11 is 1.53. The van der Waals surface area contributed by atoms with E-state index in [1.54, 1.807) is 6.20 Å². The Morgan fingerprint density at radius 1 is 1.29 bits per heavy atom. The number of hydrogen-bond donors (Lipinski definition) is 3. The second-order valence-electron chi connectivity index (χ2n) is 6.94. The molecule has 3 N–H and O–H groups in total. The fourth-order valence-corrected chi connectivity index (χ4v) is 4.09. The molecule has 11 heteroatoms. The summed E-state index contributed by atoms with van der Waals surface area (Å²) in [6, 6.07) is 0.00423. The van der Waals surface area contributed by atoms with Gasteiger partial charge in [-0.15, -0.1) is 11.3 Å². The third-order valence-electron chi connectivity index (χ3n) is 4.91. The maximum atomic E-state index is 12.2. The van der Waals surface area contributed by atoms with E-state index in [1.807, 2.05) is 11.8 Å². The molecule has 2 fully saturated rings. The van der Waals surface area contributed by atoms with Crippen LogP contribution in [0.15, 0.2) is 6.20 Å². The van der Waals surface area contributed by atoms with Gasteiger partial charge in [0.05, 0.1) is 0 Å². The number of carboxylic acids is 1. The zero-order valence-corrected chi connectivity index (χ0v) is 16.4. The predicted molar refractivity (Wildman–Crippen MR) is 99.5 cm³/mol. The van der Waals surface area contributed by atoms with Gasteiger partial charge in [0.2, 0.25) is 0 Å². The smallest absolute Gasteiger partial charge is 0.475 e. The molecule has 0 saturated carbocycles. The second-order valence-corrected chi connectivity index (χ2v) is 8.17. The average Bonchev–Trinajstić information content (AvgIpc) is 3.07. The Labute approximate surface area is 165 Å². The maximum Gasteiger partial charge on any atom is 0.490 e. The van der Waals surface area contributed by atoms with Crippen LogP contribution in [0.4, 0.5) is 23.1 Å². The number of halogens is 3. The highest BCUT2D eigenvalue weighted by molar-refractivity contribution is 7.15. The van der Waals surface area contributed by atoms with E-state index in [0.29, 0.717) is 5.13 Å². The summed E-state index contributed by atoms with van der Waals surface area (Å²) in [6.07, 6.45) is 1.63. The number of alkyl halides is 3. The first kappa shape index (κ1) is 22.4. The van der Waals surface area contributed by atoms with Crippen LogP contribution in [0, 0.1) is 18.8 Å². The number of nitrogens with one attached hydrogen (secondary N) is 2. The standard InChI is InChI=1S/C15H24N4OS.C2HF3O2/c1-11-9-17-14(21-11)18-15(20)19-7-4-12(5-8-19)13-3-2-6-16-10-13;3-2(4,5)1(6)7/h9,12-13,16H,2-8,10H2,1H3,(H,17,18,20);(H,6,7). The number of piperidine rings is 2. The molecule has 2 aliphatic rings. The SMILES string of the molecule is Cc1cnc(NC(=O)N2CCC(C3CCCNC3)CC2)s1.O=C(O)C(F)(F)F. The van der Waals surface area contributed by atoms with Gasteiger partial charge in [-0.1, -0.05) is 0 Å². The topological polar surface area (TPSA) is 94.6 Å². The van der Waals surface area contributed by atoms with Gasteiger partial charge in [-0.2, -0.15) is 13.2 Å². The number of carbonyl (C=O) groups is 2. The van der Waals surface area contributed by atoms with E-state index < -0.39 is 12.1 Å². The number of aliphatic carboxylic acids is 1. The molecular formula is C17H25F3N4O3S. The van der Waals surface area contributed by atoms with Crippen LogP contribution in [0.25, 0.3) is 0 Å². The minimum absolute atomic E-state index is 0.00423. The van der Waals surface area contributed by atoms with Crippen molar-refractivity contribution in [1.29, 1.82) is 0 Å². The van der Waals surface area contributed by atoms with Crippen LogP contribution >= 0.6 is 11.3 Å². The summed E-state index contributed by atoms with van der Waals surface area (Å²) < 4.78 is 31.7. The van der Waals surface area contributed by atoms with Gasteiger partial charge in [0.25, 0.3) is 0 Å². The summed E-state index contributed by atoms with van der Waals surface area (Å²) in [5.74, 6) is -1.16. The van der Waals surface area contributed by atoms with Crippen molar-refractivity contribution in [3.8, 4) is 0 Å². The van der Waals surface area contributed by atoms with Crippen LogP contribution in [0.3, 0.4) is 0 Å². The van der Waals surface area contributed by atoms with Crippen molar-refractivity contribution in [2.45, 2.75) is 38.8 Å². The summed E-state index contributed by atoms with van der Waals surface area (Å²) in [4.78, 5) is 28.4. The number of hydrogen-bond acceptors (Lipinski definition) is 5. The van der Waals surface area contributed by atoms with Gasteiger partial charge in [0, 0.05) is 24.2 Å². The third-order valence-corrected chi connectivity index (χ3v) is 5.73. The van der Waals surface area contributed by atoms with Crippen LogP contribution in [0.2, 0.25) is 0 Å². The van der Waals surface area contributed by atoms with E-state index in [2.05, 4.69) is 15.6 Å². The number of aryl methyl sites for hydroxylation is 1. The molecule has 0 radical (unpaired) electrons. The number of thiazole rings is 1. The molecule has 7 nitrogen and oxygen atoms in total. The number of nitrogens with zero attached hydrogens (tertiary/aromatic N) is 2. The van der Waals surface area contributed by atoms with Crippen LogP contribution in [-0.4, -0.2) is 59.3 Å². The number of amides is 2. The van der Waals surface area contributed by atoms with Gasteiger partial charge in [-0.3, -0.25) is 5.32 Å². The quantitative estimate of drug-likeness (QED) is 0.680. The molecule has 1 atom stereocenters. The van der Waals surface area contributed by atoms with Crippen molar-refractivity contribution < 1.29 is 27.9 Å². The molecule has 28 heavy (non-hydrogen) atoms. The molecule has 0 aromatic carbocycles. The molecule has 158 valence electrons. The van der Waals surface area contributed by atoms with E-state index in [4.69, 9.17) is 9.90 Å². The van der Waals surface area contributed by atoms with E-state index in [0.717, 1.165) is 49.2 Å². The van der Waals surface area contributed by atoms with Gasteiger partial charge >= 0.3 is 18.2 Å². The lowest BCUT2D eigenvalue weighted by Crippen LogP contribution is -2.44. The van der Waals surface area contributed by atoms with E-state index in [-0.39, 0.29) is 6.03 Å². The highest BCUT2D eigenvalue weighted by Crippen LogP contribution is 2.29. The number of anilines is 1. The average molecular weight is 422 g/mol. The highest BCUT2D eigenvalue weighted by Gasteiger charge is 2.38. The Bertz CT molecular complexity index is 654. The van der Waals surface area contributed by atoms with Crippen molar-refractivity contribution in [2.75, 3.05) is 31.5 Å². The number of carboxylic acid groups (broad SMARTS) is 1. The summed E-state index contributed by atoms with van der Waals surface area (Å²) in [7, 11) is 0. The molecule has 1 aromatic heterocycles. The fraction of sp³-hybridized carbons (Fsp3) is 0.706. The van der Waals surface area contributed by atoms with Crippen molar-refractivity contribution in [3.05, 3.63) is 11.1 Å². The van der Waals surface area contributed by atoms with Gasteiger partial charge in [-0.25, -0.2) is 14.6 Å². The van der Waals surface area contributed by atoms with E-state index in [1.165, 1.54) is 30.7 Å². The molecule has 2 aliphatic heterocycles. The lowest BCUT2D eigenvalue weighted by molar-refractivity contribution is -0.192. The largest absolute Gasteiger partial charge is 0.490 e. The zero-order chi connectivity index (χ0) is 20.7. The minimum Gasteiger partial charge on any atom is -0.475 e. The molecule has 2 saturated heterocycles. The number of rotatable bonds is 2. The minimum atomic E-state index is -5.08. The number of urea groups is 1. The van der Waals surface area contributed by atoms with Crippen LogP contribution in [-0.2, 0) is 4.79 Å². The lowest BCUT2D eigenvalue weighted by Gasteiger charge is -2.37. The van der Waals surface area contributed by atoms with Gasteiger partial charge < -0.3 is 15.3 Å². The van der Waals surface area contributed by atoms with Crippen molar-refractivity contribution in [3.63, 3.8) is 0 Å². The predicted octanol–water partition coefficient (Wildman–Crippen LogP) is 3.33. The summed E-state index contributed by atoms with van der Waals surface area (Å²) in [6.45, 7) is 6.08. The molecule has 0 spiro atoms. The lowest BCUT2D eigenvalue weighted by atomic mass is 9.80. The Balaban J connectivity index is 0.000000345. The molecule has 1 aromatic rings. The zero-order valence-electron chi connectivity index (χ0n) is 15.6. The highest BCUT2D eigenvalue weighted by atomic mass is 32.1. The molecule has 1 unspecified atom stereocenters. The maximum absolute atomic E-state index is 12.2. The van der Waals surface area contributed by atoms with Gasteiger partial charge in [0.15, 0.2) is 5.13 Å². The van der Waals surface area contributed by atoms with Crippen LogP contribution < -0.4 is 10.6 Å². The van der Waals surface area contributed by atoms with E-state index >= 15 is 0 Å². The molecule has 0 aliphatic carbocycles. The van der Waals surface area contributed by atoms with Crippen LogP contribution in [0.5, 0.6) is 0 Å². The summed E-state index contributed by atoms with van der Waals surface area (Å²) in [5.41, 5.74) is 0. The van der Waals surface area contributed by atoms with Crippen molar-refractivity contribution in [2.24, 2.45) is 11.8 Å². The number of likely N-dealkylation sites (tertiary alicyclic amines) is 1. The first-order valence-electron chi connectivity index (χ1n) is 9.16. The number of carbonyl (C=O) groups excluding carboxylic acids is 1. The molecule has 3 heterocycles. The van der Waals surface area contributed by atoms with Gasteiger partial charge in [0.1, 0.15) is 0 Å². The van der Waals surface area contributed by atoms with E-state index in [9.17, 15) is 18.0 Å². The Morgan fingerprint density at radius 2 is 1.93 bits per heavy atom. The molecule has 2 amide bonds. The monoisotopic (exact) mass is 422 g/mol.